The molecule has 1 heterocycles. The summed E-state index contributed by atoms with van der Waals surface area (Å²) >= 11 is 0. The summed E-state index contributed by atoms with van der Waals surface area (Å²) in [6.07, 6.45) is 2.79. The smallest absolute Gasteiger partial charge is 0.0750 e. The average molecular weight is 222 g/mol. The Morgan fingerprint density at radius 3 is 2.81 bits per heavy atom. The predicted octanol–water partition coefficient (Wildman–Crippen LogP) is 2.03. The molecule has 3 nitrogen and oxygen atoms in total. The second-order valence-electron chi connectivity index (χ2n) is 4.44. The molecule has 0 amide bonds. The summed E-state index contributed by atoms with van der Waals surface area (Å²) in [4.78, 5) is 4.28. The molecule has 0 atom stereocenters. The van der Waals surface area contributed by atoms with Gasteiger partial charge in [-0.15, -0.1) is 0 Å². The van der Waals surface area contributed by atoms with Gasteiger partial charge in [0.05, 0.1) is 5.60 Å². The van der Waals surface area contributed by atoms with Crippen LogP contribution in [0.15, 0.2) is 24.4 Å². The third-order valence-electron chi connectivity index (χ3n) is 2.37. The van der Waals surface area contributed by atoms with Crippen molar-refractivity contribution in [3.63, 3.8) is 0 Å². The van der Waals surface area contributed by atoms with E-state index in [9.17, 15) is 0 Å². The fourth-order valence-electron chi connectivity index (χ4n) is 1.59. The Morgan fingerprint density at radius 2 is 2.19 bits per heavy atom. The Bertz CT molecular complexity index is 285. The lowest BCUT2D eigenvalue weighted by Crippen LogP contribution is -2.38. The molecule has 0 aromatic carbocycles. The topological polar surface area (TPSA) is 34.1 Å². The third kappa shape index (κ3) is 5.24. The summed E-state index contributed by atoms with van der Waals surface area (Å²) in [5.74, 6) is 0. The van der Waals surface area contributed by atoms with E-state index < -0.39 is 0 Å². The van der Waals surface area contributed by atoms with E-state index in [1.165, 1.54) is 0 Å². The molecule has 1 aromatic heterocycles. The number of hydrogen-bond acceptors (Lipinski definition) is 3. The first kappa shape index (κ1) is 13.1. The number of hydrogen-bond donors (Lipinski definition) is 1. The zero-order chi connectivity index (χ0) is 11.9. The summed E-state index contributed by atoms with van der Waals surface area (Å²) < 4.78 is 5.60. The molecule has 0 bridgehead atoms. The molecule has 90 valence electrons. The van der Waals surface area contributed by atoms with Gasteiger partial charge in [0.2, 0.25) is 0 Å². The SMILES string of the molecule is CCOC(C)(C)CNCCc1ccccn1. The van der Waals surface area contributed by atoms with Gasteiger partial charge in [-0.1, -0.05) is 6.07 Å². The van der Waals surface area contributed by atoms with Crippen LogP contribution in [0.3, 0.4) is 0 Å². The zero-order valence-corrected chi connectivity index (χ0v) is 10.5. The monoisotopic (exact) mass is 222 g/mol. The molecule has 3 heteroatoms. The van der Waals surface area contributed by atoms with Gasteiger partial charge in [-0.3, -0.25) is 4.98 Å². The summed E-state index contributed by atoms with van der Waals surface area (Å²) in [6, 6.07) is 6.01. The predicted molar refractivity (Wildman–Crippen MR) is 66.5 cm³/mol. The van der Waals surface area contributed by atoms with E-state index in [-0.39, 0.29) is 5.60 Å². The van der Waals surface area contributed by atoms with Crippen LogP contribution in [0.4, 0.5) is 0 Å². The molecular formula is C13H22N2O. The summed E-state index contributed by atoms with van der Waals surface area (Å²) in [6.45, 7) is 8.79. The fraction of sp³-hybridized carbons (Fsp3) is 0.615. The molecule has 1 rings (SSSR count). The Labute approximate surface area is 98.2 Å². The lowest BCUT2D eigenvalue weighted by Gasteiger charge is -2.24. The number of nitrogens with zero attached hydrogens (tertiary/aromatic N) is 1. The van der Waals surface area contributed by atoms with Crippen molar-refractivity contribution >= 4 is 0 Å². The van der Waals surface area contributed by atoms with Crippen molar-refractivity contribution in [2.24, 2.45) is 0 Å². The molecule has 1 aromatic rings. The van der Waals surface area contributed by atoms with Gasteiger partial charge < -0.3 is 10.1 Å². The van der Waals surface area contributed by atoms with Crippen LogP contribution in [0.2, 0.25) is 0 Å². The summed E-state index contributed by atoms with van der Waals surface area (Å²) in [7, 11) is 0. The first-order chi connectivity index (χ1) is 7.64. The molecule has 0 aliphatic rings. The first-order valence-electron chi connectivity index (χ1n) is 5.88. The number of nitrogens with one attached hydrogen (secondary N) is 1. The minimum atomic E-state index is -0.0845. The minimum absolute atomic E-state index is 0.0845. The standard InChI is InChI=1S/C13H22N2O/c1-4-16-13(2,3)11-14-10-8-12-7-5-6-9-15-12/h5-7,9,14H,4,8,10-11H2,1-3H3. The maximum absolute atomic E-state index is 5.60. The molecule has 0 saturated heterocycles. The highest BCUT2D eigenvalue weighted by atomic mass is 16.5. The lowest BCUT2D eigenvalue weighted by atomic mass is 10.1. The Balaban J connectivity index is 2.17. The molecule has 0 radical (unpaired) electrons. The van der Waals surface area contributed by atoms with E-state index in [1.54, 1.807) is 0 Å². The summed E-state index contributed by atoms with van der Waals surface area (Å²) in [5.41, 5.74) is 1.04. The average Bonchev–Trinajstić information content (AvgIpc) is 2.26. The summed E-state index contributed by atoms with van der Waals surface area (Å²) in [5, 5.41) is 3.39. The van der Waals surface area contributed by atoms with Crippen LogP contribution in [0.5, 0.6) is 0 Å². The highest BCUT2D eigenvalue weighted by Crippen LogP contribution is 2.06. The fourth-order valence-corrected chi connectivity index (χ4v) is 1.59. The van der Waals surface area contributed by atoms with Crippen molar-refractivity contribution in [3.05, 3.63) is 30.1 Å². The van der Waals surface area contributed by atoms with Gasteiger partial charge in [0.15, 0.2) is 0 Å². The molecule has 0 fully saturated rings. The van der Waals surface area contributed by atoms with E-state index in [0.29, 0.717) is 0 Å². The van der Waals surface area contributed by atoms with Crippen molar-refractivity contribution in [1.29, 1.82) is 0 Å². The van der Waals surface area contributed by atoms with Crippen LogP contribution in [0.25, 0.3) is 0 Å². The van der Waals surface area contributed by atoms with Crippen LogP contribution in [-0.2, 0) is 11.2 Å². The van der Waals surface area contributed by atoms with E-state index in [0.717, 1.165) is 31.8 Å². The number of ether oxygens (including phenoxy) is 1. The van der Waals surface area contributed by atoms with Gasteiger partial charge in [0.25, 0.3) is 0 Å². The van der Waals surface area contributed by atoms with Crippen molar-refractivity contribution in [2.75, 3.05) is 19.7 Å². The minimum Gasteiger partial charge on any atom is -0.375 e. The lowest BCUT2D eigenvalue weighted by molar-refractivity contribution is -0.00858. The van der Waals surface area contributed by atoms with Crippen molar-refractivity contribution in [1.82, 2.24) is 10.3 Å². The van der Waals surface area contributed by atoms with Gasteiger partial charge >= 0.3 is 0 Å². The van der Waals surface area contributed by atoms with E-state index >= 15 is 0 Å². The third-order valence-corrected chi connectivity index (χ3v) is 2.37. The van der Waals surface area contributed by atoms with E-state index in [1.807, 2.05) is 25.3 Å². The van der Waals surface area contributed by atoms with Crippen LogP contribution in [0, 0.1) is 0 Å². The normalized spacial score (nSPS) is 11.7. The van der Waals surface area contributed by atoms with E-state index in [4.69, 9.17) is 4.74 Å². The van der Waals surface area contributed by atoms with Crippen molar-refractivity contribution < 1.29 is 4.74 Å². The van der Waals surface area contributed by atoms with Crippen LogP contribution < -0.4 is 5.32 Å². The van der Waals surface area contributed by atoms with Gasteiger partial charge in [-0.25, -0.2) is 0 Å². The van der Waals surface area contributed by atoms with Crippen molar-refractivity contribution in [3.8, 4) is 0 Å². The molecule has 0 saturated carbocycles. The molecule has 1 N–H and O–H groups in total. The molecular weight excluding hydrogens is 200 g/mol. The Hall–Kier alpha value is -0.930. The van der Waals surface area contributed by atoms with Gasteiger partial charge in [-0.05, 0) is 32.9 Å². The van der Waals surface area contributed by atoms with Gasteiger partial charge in [0, 0.05) is 38.0 Å². The molecule has 0 aliphatic heterocycles. The largest absolute Gasteiger partial charge is 0.375 e. The first-order valence-corrected chi connectivity index (χ1v) is 5.88. The zero-order valence-electron chi connectivity index (χ0n) is 10.5. The van der Waals surface area contributed by atoms with E-state index in [2.05, 4.69) is 30.2 Å². The highest BCUT2D eigenvalue weighted by Gasteiger charge is 2.16. The molecule has 0 unspecified atom stereocenters. The Kier molecular flexibility index (Phi) is 5.43. The number of pyridine rings is 1. The number of rotatable bonds is 7. The quantitative estimate of drug-likeness (QED) is 0.717. The second kappa shape index (κ2) is 6.61. The maximum Gasteiger partial charge on any atom is 0.0750 e. The van der Waals surface area contributed by atoms with Crippen molar-refractivity contribution in [2.45, 2.75) is 32.8 Å². The molecule has 0 spiro atoms. The van der Waals surface area contributed by atoms with Gasteiger partial charge in [-0.2, -0.15) is 0 Å². The van der Waals surface area contributed by atoms with Crippen LogP contribution in [-0.4, -0.2) is 30.3 Å². The van der Waals surface area contributed by atoms with Gasteiger partial charge in [0.1, 0.15) is 0 Å². The van der Waals surface area contributed by atoms with Crippen LogP contribution in [0.1, 0.15) is 26.5 Å². The molecule has 16 heavy (non-hydrogen) atoms. The second-order valence-corrected chi connectivity index (χ2v) is 4.44. The maximum atomic E-state index is 5.60. The highest BCUT2D eigenvalue weighted by molar-refractivity contribution is 5.03. The molecule has 0 aliphatic carbocycles. The Morgan fingerprint density at radius 1 is 1.38 bits per heavy atom. The van der Waals surface area contributed by atoms with Crippen LogP contribution >= 0.6 is 0 Å². The number of aromatic nitrogens is 1.